The molecule has 1 amide bonds. The molecule has 0 saturated heterocycles. The van der Waals surface area contributed by atoms with E-state index in [0.29, 0.717) is 22.2 Å². The standard InChI is InChI=1S/C13H13N5OS2/c1-7-11(20-13(14)15-7)12(19)18(2)6-8-3-4-9-10(5-8)17-21-16-9/h3-5H,6H2,1-2H3,(H2,14,15). The van der Waals surface area contributed by atoms with Gasteiger partial charge in [0.2, 0.25) is 0 Å². The molecule has 2 heterocycles. The summed E-state index contributed by atoms with van der Waals surface area (Å²) in [5, 5.41) is 0.416. The molecule has 2 aromatic heterocycles. The van der Waals surface area contributed by atoms with Crippen LogP contribution >= 0.6 is 23.1 Å². The molecule has 1 aromatic carbocycles. The van der Waals surface area contributed by atoms with Crippen molar-refractivity contribution in [2.45, 2.75) is 13.5 Å². The van der Waals surface area contributed by atoms with Gasteiger partial charge in [0.1, 0.15) is 15.9 Å². The first kappa shape index (κ1) is 13.9. The molecule has 0 spiro atoms. The second-order valence-electron chi connectivity index (χ2n) is 4.72. The molecule has 0 bridgehead atoms. The topological polar surface area (TPSA) is 85.0 Å². The SMILES string of the molecule is Cc1nc(N)sc1C(=O)N(C)Cc1ccc2nsnc2c1. The van der Waals surface area contributed by atoms with Crippen molar-refractivity contribution in [2.24, 2.45) is 0 Å². The molecule has 2 N–H and O–H groups in total. The number of carbonyl (C=O) groups is 1. The maximum atomic E-state index is 12.4. The van der Waals surface area contributed by atoms with Gasteiger partial charge in [-0.3, -0.25) is 4.79 Å². The first-order valence-electron chi connectivity index (χ1n) is 6.24. The molecule has 3 aromatic rings. The fourth-order valence-electron chi connectivity index (χ4n) is 2.06. The lowest BCUT2D eigenvalue weighted by Gasteiger charge is -2.16. The zero-order valence-electron chi connectivity index (χ0n) is 11.5. The minimum Gasteiger partial charge on any atom is -0.375 e. The van der Waals surface area contributed by atoms with Crippen molar-refractivity contribution >= 4 is 45.1 Å². The Morgan fingerprint density at radius 3 is 2.81 bits per heavy atom. The van der Waals surface area contributed by atoms with E-state index in [4.69, 9.17) is 5.73 Å². The number of thiazole rings is 1. The Labute approximate surface area is 129 Å². The van der Waals surface area contributed by atoms with E-state index >= 15 is 0 Å². The van der Waals surface area contributed by atoms with E-state index in [2.05, 4.69) is 13.7 Å². The summed E-state index contributed by atoms with van der Waals surface area (Å²) in [6.45, 7) is 2.30. The lowest BCUT2D eigenvalue weighted by atomic mass is 10.2. The second kappa shape index (κ2) is 5.38. The molecule has 0 aliphatic rings. The van der Waals surface area contributed by atoms with Gasteiger partial charge in [0.25, 0.3) is 5.91 Å². The third-order valence-corrected chi connectivity index (χ3v) is 4.62. The highest BCUT2D eigenvalue weighted by atomic mass is 32.1. The van der Waals surface area contributed by atoms with Gasteiger partial charge in [0.15, 0.2) is 5.13 Å². The number of aryl methyl sites for hydroxylation is 1. The van der Waals surface area contributed by atoms with Crippen LogP contribution in [0.5, 0.6) is 0 Å². The molecule has 0 fully saturated rings. The number of hydrogen-bond donors (Lipinski definition) is 1. The summed E-state index contributed by atoms with van der Waals surface area (Å²) in [5.74, 6) is -0.0711. The molecule has 0 radical (unpaired) electrons. The van der Waals surface area contributed by atoms with Crippen molar-refractivity contribution < 1.29 is 4.79 Å². The molecular weight excluding hydrogens is 306 g/mol. The molecular formula is C13H13N5OS2. The number of carbonyl (C=O) groups excluding carboxylic acids is 1. The average Bonchev–Trinajstić information content (AvgIpc) is 3.03. The third kappa shape index (κ3) is 2.72. The van der Waals surface area contributed by atoms with Gasteiger partial charge in [0.05, 0.1) is 17.4 Å². The van der Waals surface area contributed by atoms with Gasteiger partial charge in [-0.15, -0.1) is 0 Å². The van der Waals surface area contributed by atoms with Crippen LogP contribution in [0.2, 0.25) is 0 Å². The minimum atomic E-state index is -0.0711. The van der Waals surface area contributed by atoms with Crippen molar-refractivity contribution in [3.8, 4) is 0 Å². The fourth-order valence-corrected chi connectivity index (χ4v) is 3.41. The highest BCUT2D eigenvalue weighted by Gasteiger charge is 2.18. The lowest BCUT2D eigenvalue weighted by molar-refractivity contribution is 0.0789. The molecule has 6 nitrogen and oxygen atoms in total. The summed E-state index contributed by atoms with van der Waals surface area (Å²) in [7, 11) is 1.77. The van der Waals surface area contributed by atoms with Crippen LogP contribution in [0.1, 0.15) is 20.9 Å². The Balaban J connectivity index is 1.80. The second-order valence-corrected chi connectivity index (χ2v) is 6.27. The van der Waals surface area contributed by atoms with Crippen molar-refractivity contribution in [1.29, 1.82) is 0 Å². The molecule has 108 valence electrons. The molecule has 3 rings (SSSR count). The number of hydrogen-bond acceptors (Lipinski definition) is 7. The highest BCUT2D eigenvalue weighted by molar-refractivity contribution is 7.17. The molecule has 0 saturated carbocycles. The summed E-state index contributed by atoms with van der Waals surface area (Å²) in [6, 6.07) is 5.83. The molecule has 0 unspecified atom stereocenters. The van der Waals surface area contributed by atoms with Crippen molar-refractivity contribution in [3.63, 3.8) is 0 Å². The summed E-state index contributed by atoms with van der Waals surface area (Å²) >= 11 is 2.41. The van der Waals surface area contributed by atoms with Crippen LogP contribution in [0.4, 0.5) is 5.13 Å². The van der Waals surface area contributed by atoms with Crippen molar-refractivity contribution in [1.82, 2.24) is 18.6 Å². The number of fused-ring (bicyclic) bond motifs is 1. The number of anilines is 1. The van der Waals surface area contributed by atoms with E-state index in [-0.39, 0.29) is 5.91 Å². The van der Waals surface area contributed by atoms with Crippen LogP contribution in [0, 0.1) is 6.92 Å². The Morgan fingerprint density at radius 2 is 2.10 bits per heavy atom. The van der Waals surface area contributed by atoms with Gasteiger partial charge in [-0.05, 0) is 24.6 Å². The molecule has 8 heteroatoms. The van der Waals surface area contributed by atoms with Crippen LogP contribution in [-0.2, 0) is 6.54 Å². The van der Waals surface area contributed by atoms with Gasteiger partial charge in [0, 0.05) is 13.6 Å². The third-order valence-electron chi connectivity index (χ3n) is 3.09. The van der Waals surface area contributed by atoms with Crippen LogP contribution in [-0.4, -0.2) is 31.6 Å². The van der Waals surface area contributed by atoms with Gasteiger partial charge in [-0.1, -0.05) is 17.4 Å². The van der Waals surface area contributed by atoms with E-state index in [9.17, 15) is 4.79 Å². The fraction of sp³-hybridized carbons (Fsp3) is 0.231. The number of nitrogen functional groups attached to an aromatic ring is 1. The number of nitrogens with zero attached hydrogens (tertiary/aromatic N) is 4. The normalized spacial score (nSPS) is 11.0. The smallest absolute Gasteiger partial charge is 0.265 e. The number of rotatable bonds is 3. The van der Waals surface area contributed by atoms with E-state index in [1.165, 1.54) is 23.1 Å². The zero-order valence-corrected chi connectivity index (χ0v) is 13.2. The van der Waals surface area contributed by atoms with Gasteiger partial charge >= 0.3 is 0 Å². The number of aromatic nitrogens is 3. The predicted octanol–water partition coefficient (Wildman–Crippen LogP) is 2.31. The van der Waals surface area contributed by atoms with Crippen molar-refractivity contribution in [2.75, 3.05) is 12.8 Å². The quantitative estimate of drug-likeness (QED) is 0.800. The number of nitrogens with two attached hydrogens (primary N) is 1. The Kier molecular flexibility index (Phi) is 3.56. The Hall–Kier alpha value is -2.06. The average molecular weight is 319 g/mol. The predicted molar refractivity (Wildman–Crippen MR) is 84.5 cm³/mol. The maximum absolute atomic E-state index is 12.4. The van der Waals surface area contributed by atoms with E-state index < -0.39 is 0 Å². The van der Waals surface area contributed by atoms with Gasteiger partial charge in [-0.2, -0.15) is 8.75 Å². The summed E-state index contributed by atoms with van der Waals surface area (Å²) in [6.07, 6.45) is 0. The molecule has 0 aliphatic carbocycles. The lowest BCUT2D eigenvalue weighted by Crippen LogP contribution is -2.26. The summed E-state index contributed by atoms with van der Waals surface area (Å²) in [5.41, 5.74) is 9.07. The largest absolute Gasteiger partial charge is 0.375 e. The zero-order chi connectivity index (χ0) is 15.0. The molecule has 21 heavy (non-hydrogen) atoms. The number of amides is 1. The monoisotopic (exact) mass is 319 g/mol. The van der Waals surface area contributed by atoms with Crippen LogP contribution in [0.15, 0.2) is 18.2 Å². The van der Waals surface area contributed by atoms with Crippen molar-refractivity contribution in [3.05, 3.63) is 34.3 Å². The summed E-state index contributed by atoms with van der Waals surface area (Å²) in [4.78, 5) is 18.7. The summed E-state index contributed by atoms with van der Waals surface area (Å²) < 4.78 is 8.38. The number of benzene rings is 1. The first-order valence-corrected chi connectivity index (χ1v) is 7.79. The maximum Gasteiger partial charge on any atom is 0.265 e. The highest BCUT2D eigenvalue weighted by Crippen LogP contribution is 2.22. The van der Waals surface area contributed by atoms with E-state index in [1.807, 2.05) is 18.2 Å². The van der Waals surface area contributed by atoms with Gasteiger partial charge in [-0.25, -0.2) is 4.98 Å². The van der Waals surface area contributed by atoms with Crippen LogP contribution in [0.3, 0.4) is 0 Å². The Morgan fingerprint density at radius 1 is 1.33 bits per heavy atom. The van der Waals surface area contributed by atoms with Crippen LogP contribution in [0.25, 0.3) is 11.0 Å². The molecule has 0 atom stereocenters. The van der Waals surface area contributed by atoms with E-state index in [1.54, 1.807) is 18.9 Å². The van der Waals surface area contributed by atoms with Gasteiger partial charge < -0.3 is 10.6 Å². The van der Waals surface area contributed by atoms with Crippen LogP contribution < -0.4 is 5.73 Å². The molecule has 0 aliphatic heterocycles. The minimum absolute atomic E-state index is 0.0711. The Bertz CT molecular complexity index is 810. The first-order chi connectivity index (χ1) is 10.0. The van der Waals surface area contributed by atoms with E-state index in [0.717, 1.165) is 16.6 Å².